The van der Waals surface area contributed by atoms with Gasteiger partial charge in [-0.3, -0.25) is 0 Å². The third-order valence-electron chi connectivity index (χ3n) is 3.00. The molecule has 118 valence electrons. The Hall–Kier alpha value is -1.27. The van der Waals surface area contributed by atoms with Gasteiger partial charge in [-0.1, -0.05) is 25.1 Å². The van der Waals surface area contributed by atoms with E-state index < -0.39 is 11.9 Å². The first kappa shape index (κ1) is 17.8. The summed E-state index contributed by atoms with van der Waals surface area (Å²) in [6, 6.07) is 5.71. The summed E-state index contributed by atoms with van der Waals surface area (Å²) in [4.78, 5) is 11.7. The van der Waals surface area contributed by atoms with Crippen molar-refractivity contribution in [2.45, 2.75) is 32.4 Å². The maximum atomic E-state index is 13.5. The minimum atomic E-state index is -1.05. The fourth-order valence-electron chi connectivity index (χ4n) is 1.80. The SMILES string of the molecule is CCSCCC(C)NC(=O)NCC(O)c1ccccc1F. The standard InChI is InChI=1S/C15H23FN2O2S/c1-3-21-9-8-11(2)18-15(20)17-10-14(19)12-6-4-5-7-13(12)16/h4-7,11,14,19H,3,8-10H2,1-2H3,(H2,17,18,20). The van der Waals surface area contributed by atoms with E-state index in [-0.39, 0.29) is 24.2 Å². The molecular formula is C15H23FN2O2S. The quantitative estimate of drug-likeness (QED) is 0.647. The lowest BCUT2D eigenvalue weighted by Gasteiger charge is -2.16. The zero-order chi connectivity index (χ0) is 15.7. The molecule has 2 unspecified atom stereocenters. The summed E-state index contributed by atoms with van der Waals surface area (Å²) in [6.07, 6.45) is -0.162. The number of nitrogens with one attached hydrogen (secondary N) is 2. The first-order valence-electron chi connectivity index (χ1n) is 7.09. The van der Waals surface area contributed by atoms with Crippen molar-refractivity contribution in [2.24, 2.45) is 0 Å². The van der Waals surface area contributed by atoms with E-state index in [1.54, 1.807) is 12.1 Å². The fraction of sp³-hybridized carbons (Fsp3) is 0.533. The van der Waals surface area contributed by atoms with Crippen molar-refractivity contribution in [3.63, 3.8) is 0 Å². The van der Waals surface area contributed by atoms with Gasteiger partial charge in [0.05, 0.1) is 6.10 Å². The Balaban J connectivity index is 2.31. The van der Waals surface area contributed by atoms with Crippen LogP contribution in [0.3, 0.4) is 0 Å². The molecule has 21 heavy (non-hydrogen) atoms. The van der Waals surface area contributed by atoms with Gasteiger partial charge in [0.2, 0.25) is 0 Å². The topological polar surface area (TPSA) is 61.4 Å². The van der Waals surface area contributed by atoms with Crippen molar-refractivity contribution in [2.75, 3.05) is 18.1 Å². The summed E-state index contributed by atoms with van der Waals surface area (Å²) in [5.41, 5.74) is 0.185. The molecule has 0 radical (unpaired) electrons. The molecule has 0 aliphatic rings. The molecule has 0 spiro atoms. The third kappa shape index (κ3) is 6.82. The van der Waals surface area contributed by atoms with Crippen LogP contribution in [0.2, 0.25) is 0 Å². The van der Waals surface area contributed by atoms with Crippen molar-refractivity contribution < 1.29 is 14.3 Å². The van der Waals surface area contributed by atoms with E-state index in [9.17, 15) is 14.3 Å². The predicted molar refractivity (Wildman–Crippen MR) is 85.0 cm³/mol. The van der Waals surface area contributed by atoms with Gasteiger partial charge >= 0.3 is 6.03 Å². The zero-order valence-electron chi connectivity index (χ0n) is 12.4. The number of hydrogen-bond donors (Lipinski definition) is 3. The Bertz CT molecular complexity index is 445. The number of hydrogen-bond acceptors (Lipinski definition) is 3. The van der Waals surface area contributed by atoms with E-state index >= 15 is 0 Å². The first-order valence-corrected chi connectivity index (χ1v) is 8.24. The lowest BCUT2D eigenvalue weighted by Crippen LogP contribution is -2.42. The molecule has 4 nitrogen and oxygen atoms in total. The molecule has 0 aromatic heterocycles. The molecule has 2 amide bonds. The Morgan fingerprint density at radius 2 is 2.14 bits per heavy atom. The normalized spacial score (nSPS) is 13.5. The Morgan fingerprint density at radius 3 is 2.81 bits per heavy atom. The second kappa shape index (κ2) is 9.63. The molecule has 1 aromatic carbocycles. The molecule has 0 fully saturated rings. The number of amides is 2. The molecule has 0 saturated carbocycles. The second-order valence-corrected chi connectivity index (χ2v) is 6.17. The van der Waals surface area contributed by atoms with Crippen molar-refractivity contribution in [1.82, 2.24) is 10.6 Å². The van der Waals surface area contributed by atoms with Crippen molar-refractivity contribution >= 4 is 17.8 Å². The summed E-state index contributed by atoms with van der Waals surface area (Å²) in [5.74, 6) is 1.58. The van der Waals surface area contributed by atoms with E-state index in [4.69, 9.17) is 0 Å². The lowest BCUT2D eigenvalue weighted by atomic mass is 10.1. The molecule has 1 rings (SSSR count). The smallest absolute Gasteiger partial charge is 0.315 e. The average molecular weight is 314 g/mol. The Labute approximate surface area is 129 Å². The molecule has 0 bridgehead atoms. The number of aliphatic hydroxyl groups excluding tert-OH is 1. The van der Waals surface area contributed by atoms with Gasteiger partial charge in [0, 0.05) is 18.2 Å². The summed E-state index contributed by atoms with van der Waals surface area (Å²) < 4.78 is 13.5. The number of urea groups is 1. The second-order valence-electron chi connectivity index (χ2n) is 4.78. The van der Waals surface area contributed by atoms with Gasteiger partial charge in [0.25, 0.3) is 0 Å². The van der Waals surface area contributed by atoms with Crippen LogP contribution in [0.1, 0.15) is 31.9 Å². The predicted octanol–water partition coefficient (Wildman–Crippen LogP) is 2.69. The monoisotopic (exact) mass is 314 g/mol. The molecule has 0 aliphatic heterocycles. The van der Waals surface area contributed by atoms with E-state index in [0.717, 1.165) is 17.9 Å². The number of rotatable bonds is 8. The van der Waals surface area contributed by atoms with Crippen molar-refractivity contribution in [1.29, 1.82) is 0 Å². The number of carbonyl (C=O) groups is 1. The van der Waals surface area contributed by atoms with Crippen LogP contribution in [0, 0.1) is 5.82 Å². The minimum absolute atomic E-state index is 0.0246. The van der Waals surface area contributed by atoms with Crippen LogP contribution in [-0.4, -0.2) is 35.2 Å². The highest BCUT2D eigenvalue weighted by Crippen LogP contribution is 2.15. The van der Waals surface area contributed by atoms with Crippen LogP contribution in [0.25, 0.3) is 0 Å². The fourth-order valence-corrected chi connectivity index (χ4v) is 2.61. The maximum absolute atomic E-state index is 13.5. The largest absolute Gasteiger partial charge is 0.386 e. The zero-order valence-corrected chi connectivity index (χ0v) is 13.3. The summed E-state index contributed by atoms with van der Waals surface area (Å²) >= 11 is 1.83. The molecule has 0 heterocycles. The van der Waals surface area contributed by atoms with Crippen LogP contribution in [0.4, 0.5) is 9.18 Å². The Morgan fingerprint density at radius 1 is 1.43 bits per heavy atom. The van der Waals surface area contributed by atoms with E-state index in [1.807, 2.05) is 18.7 Å². The molecule has 0 saturated heterocycles. The van der Waals surface area contributed by atoms with Crippen LogP contribution < -0.4 is 10.6 Å². The molecular weight excluding hydrogens is 291 g/mol. The van der Waals surface area contributed by atoms with Gasteiger partial charge in [-0.15, -0.1) is 0 Å². The maximum Gasteiger partial charge on any atom is 0.315 e. The Kier molecular flexibility index (Phi) is 8.15. The first-order chi connectivity index (χ1) is 10.0. The highest BCUT2D eigenvalue weighted by molar-refractivity contribution is 7.99. The molecule has 2 atom stereocenters. The van der Waals surface area contributed by atoms with E-state index in [1.165, 1.54) is 12.1 Å². The number of benzene rings is 1. The average Bonchev–Trinajstić information content (AvgIpc) is 2.45. The number of halogens is 1. The minimum Gasteiger partial charge on any atom is -0.386 e. The number of aliphatic hydroxyl groups is 1. The number of thioether (sulfide) groups is 1. The highest BCUT2D eigenvalue weighted by Gasteiger charge is 2.14. The lowest BCUT2D eigenvalue weighted by molar-refractivity contribution is 0.168. The van der Waals surface area contributed by atoms with Crippen molar-refractivity contribution in [3.8, 4) is 0 Å². The van der Waals surface area contributed by atoms with Gasteiger partial charge in [-0.2, -0.15) is 11.8 Å². The third-order valence-corrected chi connectivity index (χ3v) is 3.93. The highest BCUT2D eigenvalue weighted by atomic mass is 32.2. The summed E-state index contributed by atoms with van der Waals surface area (Å²) in [5, 5.41) is 15.2. The van der Waals surface area contributed by atoms with E-state index in [2.05, 4.69) is 17.6 Å². The van der Waals surface area contributed by atoms with Crippen LogP contribution in [-0.2, 0) is 0 Å². The van der Waals surface area contributed by atoms with Gasteiger partial charge in [0.1, 0.15) is 5.82 Å². The van der Waals surface area contributed by atoms with Crippen LogP contribution >= 0.6 is 11.8 Å². The van der Waals surface area contributed by atoms with Crippen molar-refractivity contribution in [3.05, 3.63) is 35.6 Å². The van der Waals surface area contributed by atoms with Gasteiger partial charge in [-0.05, 0) is 30.9 Å². The summed E-state index contributed by atoms with van der Waals surface area (Å²) in [6.45, 7) is 4.01. The molecule has 6 heteroatoms. The van der Waals surface area contributed by atoms with Gasteiger partial charge < -0.3 is 15.7 Å². The van der Waals surface area contributed by atoms with Crippen LogP contribution in [0.5, 0.6) is 0 Å². The van der Waals surface area contributed by atoms with Gasteiger partial charge in [0.15, 0.2) is 0 Å². The summed E-state index contributed by atoms with van der Waals surface area (Å²) in [7, 11) is 0. The van der Waals surface area contributed by atoms with E-state index in [0.29, 0.717) is 0 Å². The number of carbonyl (C=O) groups excluding carboxylic acids is 1. The molecule has 3 N–H and O–H groups in total. The molecule has 0 aliphatic carbocycles. The van der Waals surface area contributed by atoms with Gasteiger partial charge in [-0.25, -0.2) is 9.18 Å². The molecule has 1 aromatic rings. The van der Waals surface area contributed by atoms with Crippen LogP contribution in [0.15, 0.2) is 24.3 Å².